The third-order valence-corrected chi connectivity index (χ3v) is 6.24. The van der Waals surface area contributed by atoms with Gasteiger partial charge in [0.25, 0.3) is 0 Å². The van der Waals surface area contributed by atoms with E-state index in [0.29, 0.717) is 43.1 Å². The molecule has 0 amide bonds. The third-order valence-electron chi connectivity index (χ3n) is 6.24. The Labute approximate surface area is 195 Å². The van der Waals surface area contributed by atoms with Gasteiger partial charge in [0.05, 0.1) is 11.3 Å². The number of fused-ring (bicyclic) bond motifs is 1. The van der Waals surface area contributed by atoms with Crippen molar-refractivity contribution in [3.8, 4) is 28.7 Å². The Kier molecular flexibility index (Phi) is 6.12. The molecular weight excluding hydrogens is 449 g/mol. The molecule has 0 bridgehead atoms. The van der Waals surface area contributed by atoms with E-state index in [4.69, 9.17) is 18.9 Å². The zero-order chi connectivity index (χ0) is 23.7. The first-order valence-corrected chi connectivity index (χ1v) is 11.3. The average molecular weight is 474 g/mol. The van der Waals surface area contributed by atoms with E-state index in [2.05, 4.69) is 9.64 Å². The van der Waals surface area contributed by atoms with E-state index in [-0.39, 0.29) is 5.75 Å². The Morgan fingerprint density at radius 2 is 1.76 bits per heavy atom. The van der Waals surface area contributed by atoms with Crippen molar-refractivity contribution >= 4 is 0 Å². The average Bonchev–Trinajstić information content (AvgIpc) is 3.18. The summed E-state index contributed by atoms with van der Waals surface area (Å²) in [6.07, 6.45) is -2.84. The van der Waals surface area contributed by atoms with Gasteiger partial charge in [-0.25, -0.2) is 4.98 Å². The van der Waals surface area contributed by atoms with Gasteiger partial charge in [0.2, 0.25) is 5.89 Å². The van der Waals surface area contributed by atoms with Gasteiger partial charge in [0, 0.05) is 6.54 Å². The van der Waals surface area contributed by atoms with Crippen molar-refractivity contribution < 1.29 is 31.8 Å². The molecule has 0 saturated carbocycles. The smallest absolute Gasteiger partial charge is 0.486 e. The van der Waals surface area contributed by atoms with E-state index in [1.165, 1.54) is 12.1 Å². The highest BCUT2D eigenvalue weighted by atomic mass is 19.4. The molecule has 1 aromatic heterocycles. The van der Waals surface area contributed by atoms with Gasteiger partial charge in [0.15, 0.2) is 11.5 Å². The molecule has 0 N–H and O–H groups in total. The van der Waals surface area contributed by atoms with Gasteiger partial charge in [-0.15, -0.1) is 13.2 Å². The molecule has 9 heteroatoms. The van der Waals surface area contributed by atoms with Gasteiger partial charge in [-0.05, 0) is 68.6 Å². The summed E-state index contributed by atoms with van der Waals surface area (Å²) in [5, 5.41) is 0. The lowest BCUT2D eigenvalue weighted by molar-refractivity contribution is -0.274. The largest absolute Gasteiger partial charge is 0.573 e. The number of aromatic nitrogens is 1. The zero-order valence-electron chi connectivity index (χ0n) is 18.7. The number of alkyl halides is 3. The highest BCUT2D eigenvalue weighted by Crippen LogP contribution is 2.40. The molecule has 1 fully saturated rings. The van der Waals surface area contributed by atoms with Gasteiger partial charge in [-0.3, -0.25) is 4.90 Å². The lowest BCUT2D eigenvalue weighted by Gasteiger charge is -2.31. The van der Waals surface area contributed by atoms with Crippen molar-refractivity contribution in [2.24, 2.45) is 0 Å². The second-order valence-corrected chi connectivity index (χ2v) is 8.52. The summed E-state index contributed by atoms with van der Waals surface area (Å²) in [6.45, 7) is 5.33. The van der Waals surface area contributed by atoms with Crippen molar-refractivity contribution in [1.82, 2.24) is 9.88 Å². The third kappa shape index (κ3) is 4.99. The van der Waals surface area contributed by atoms with Crippen molar-refractivity contribution in [1.29, 1.82) is 0 Å². The number of ether oxygens (including phenoxy) is 3. The number of nitrogens with zero attached hydrogens (tertiary/aromatic N) is 2. The number of likely N-dealkylation sites (tertiary alicyclic amines) is 1. The normalized spacial score (nSPS) is 17.1. The van der Waals surface area contributed by atoms with Crippen LogP contribution >= 0.6 is 0 Å². The maximum absolute atomic E-state index is 12.4. The monoisotopic (exact) mass is 474 g/mol. The summed E-state index contributed by atoms with van der Waals surface area (Å²) >= 11 is 0. The molecule has 1 saturated heterocycles. The maximum Gasteiger partial charge on any atom is 0.573 e. The number of piperidine rings is 1. The molecule has 0 radical (unpaired) electrons. The minimum Gasteiger partial charge on any atom is -0.486 e. The number of hydrogen-bond acceptors (Lipinski definition) is 6. The molecule has 6 nitrogen and oxygen atoms in total. The Bertz CT molecular complexity index is 1140. The maximum atomic E-state index is 12.4. The SMILES string of the molecule is Cc1oc(-c2cccc3c2OCCO3)nc1CN1CCC(c2ccc(OC(F)(F)F)cc2)CC1. The number of aryl methyl sites for hydroxylation is 1. The molecule has 0 spiro atoms. The molecule has 0 aliphatic carbocycles. The van der Waals surface area contributed by atoms with Crippen molar-refractivity contribution in [2.45, 2.75) is 38.6 Å². The van der Waals surface area contributed by atoms with Crippen molar-refractivity contribution in [2.75, 3.05) is 26.3 Å². The van der Waals surface area contributed by atoms with Crippen LogP contribution in [0.4, 0.5) is 13.2 Å². The molecule has 0 unspecified atom stereocenters. The quantitative estimate of drug-likeness (QED) is 0.473. The Hall–Kier alpha value is -3.20. The van der Waals surface area contributed by atoms with E-state index in [0.717, 1.165) is 48.5 Å². The van der Waals surface area contributed by atoms with Gasteiger partial charge >= 0.3 is 6.36 Å². The second-order valence-electron chi connectivity index (χ2n) is 8.52. The number of benzene rings is 2. The first-order valence-electron chi connectivity index (χ1n) is 11.3. The van der Waals surface area contributed by atoms with E-state index < -0.39 is 6.36 Å². The summed E-state index contributed by atoms with van der Waals surface area (Å²) in [7, 11) is 0. The van der Waals surface area contributed by atoms with Gasteiger partial charge in [0.1, 0.15) is 24.7 Å². The van der Waals surface area contributed by atoms with Crippen molar-refractivity contribution in [3.05, 3.63) is 59.5 Å². The van der Waals surface area contributed by atoms with E-state index in [1.54, 1.807) is 12.1 Å². The van der Waals surface area contributed by atoms with Gasteiger partial charge < -0.3 is 18.6 Å². The molecule has 0 atom stereocenters. The van der Waals surface area contributed by atoms with Crippen LogP contribution in [0.25, 0.3) is 11.5 Å². The predicted molar refractivity (Wildman–Crippen MR) is 118 cm³/mol. The van der Waals surface area contributed by atoms with Crippen LogP contribution in [-0.4, -0.2) is 42.5 Å². The first-order chi connectivity index (χ1) is 16.4. The molecule has 2 aromatic carbocycles. The van der Waals surface area contributed by atoms with Crippen LogP contribution in [-0.2, 0) is 6.54 Å². The van der Waals surface area contributed by atoms with Gasteiger partial charge in [-0.1, -0.05) is 18.2 Å². The highest BCUT2D eigenvalue weighted by molar-refractivity contribution is 5.68. The first kappa shape index (κ1) is 22.6. The Balaban J connectivity index is 1.21. The summed E-state index contributed by atoms with van der Waals surface area (Å²) in [5.74, 6) is 2.76. The fourth-order valence-electron chi connectivity index (χ4n) is 4.51. The molecule has 180 valence electrons. The minimum atomic E-state index is -4.67. The van der Waals surface area contributed by atoms with Crippen molar-refractivity contribution in [3.63, 3.8) is 0 Å². The summed E-state index contributed by atoms with van der Waals surface area (Å²) in [6, 6.07) is 11.9. The molecule has 34 heavy (non-hydrogen) atoms. The molecule has 3 aromatic rings. The van der Waals surface area contributed by atoms with Crippen LogP contribution < -0.4 is 14.2 Å². The summed E-state index contributed by atoms with van der Waals surface area (Å²) in [4.78, 5) is 7.07. The minimum absolute atomic E-state index is 0.192. The summed E-state index contributed by atoms with van der Waals surface area (Å²) in [5.41, 5.74) is 2.70. The number of hydrogen-bond donors (Lipinski definition) is 0. The lowest BCUT2D eigenvalue weighted by atomic mass is 9.89. The molecule has 2 aliphatic heterocycles. The van der Waals surface area contributed by atoms with Crippen LogP contribution in [0.5, 0.6) is 17.2 Å². The Morgan fingerprint density at radius 1 is 1.03 bits per heavy atom. The van der Waals surface area contributed by atoms with Crippen LogP contribution in [0.2, 0.25) is 0 Å². The summed E-state index contributed by atoms with van der Waals surface area (Å²) < 4.78 is 58.5. The molecule has 3 heterocycles. The van der Waals surface area contributed by atoms with Crippen LogP contribution in [0.1, 0.15) is 35.8 Å². The lowest BCUT2D eigenvalue weighted by Crippen LogP contribution is -2.32. The van der Waals surface area contributed by atoms with Crippen LogP contribution in [0, 0.1) is 6.92 Å². The molecular formula is C25H25F3N2O4. The second kappa shape index (κ2) is 9.21. The topological polar surface area (TPSA) is 57.0 Å². The standard InChI is InChI=1S/C25H25F3N2O4/c1-16-21(29-24(33-16)20-3-2-4-22-23(20)32-14-13-31-22)15-30-11-9-18(10-12-30)17-5-7-19(8-6-17)34-25(26,27)28/h2-8,18H,9-15H2,1H3. The van der Waals surface area contributed by atoms with Crippen LogP contribution in [0.15, 0.2) is 46.9 Å². The number of para-hydroxylation sites is 1. The fraction of sp³-hybridized carbons (Fsp3) is 0.400. The van der Waals surface area contributed by atoms with Gasteiger partial charge in [-0.2, -0.15) is 0 Å². The highest BCUT2D eigenvalue weighted by Gasteiger charge is 2.31. The number of halogens is 3. The number of rotatable bonds is 5. The molecule has 5 rings (SSSR count). The predicted octanol–water partition coefficient (Wildman–Crippen LogP) is 5.70. The molecule has 2 aliphatic rings. The van der Waals surface area contributed by atoms with E-state index >= 15 is 0 Å². The van der Waals surface area contributed by atoms with E-state index in [1.807, 2.05) is 25.1 Å². The zero-order valence-corrected chi connectivity index (χ0v) is 18.7. The fourth-order valence-corrected chi connectivity index (χ4v) is 4.51. The Morgan fingerprint density at radius 3 is 2.50 bits per heavy atom. The number of oxazole rings is 1. The van der Waals surface area contributed by atoms with Crippen LogP contribution in [0.3, 0.4) is 0 Å². The van der Waals surface area contributed by atoms with E-state index in [9.17, 15) is 13.2 Å².